The fraction of sp³-hybridized carbons (Fsp3) is 0.500. The van der Waals surface area contributed by atoms with Gasteiger partial charge in [-0.05, 0) is 42.5 Å². The van der Waals surface area contributed by atoms with Crippen molar-refractivity contribution in [1.29, 1.82) is 0 Å². The van der Waals surface area contributed by atoms with Gasteiger partial charge in [0.25, 0.3) is 0 Å². The highest BCUT2D eigenvalue weighted by Crippen LogP contribution is 2.27. The second-order valence-corrected chi connectivity index (χ2v) is 4.25. The summed E-state index contributed by atoms with van der Waals surface area (Å²) in [6.07, 6.45) is 4.03. The van der Waals surface area contributed by atoms with E-state index in [1.807, 2.05) is 0 Å². The van der Waals surface area contributed by atoms with E-state index in [1.165, 1.54) is 36.1 Å². The topological polar surface area (TPSA) is 21.3 Å². The average molecular weight is 189 g/mol. The summed E-state index contributed by atoms with van der Waals surface area (Å²) in [5.74, 6) is 0. The molecule has 1 aliphatic heterocycles. The van der Waals surface area contributed by atoms with Crippen LogP contribution in [0.1, 0.15) is 30.4 Å². The van der Waals surface area contributed by atoms with E-state index in [1.54, 1.807) is 0 Å². The van der Waals surface area contributed by atoms with E-state index in [0.29, 0.717) is 0 Å². The van der Waals surface area contributed by atoms with Crippen LogP contribution in [0.4, 0.5) is 5.69 Å². The molecule has 3 rings (SSSR count). The van der Waals surface area contributed by atoms with E-state index in [-0.39, 0.29) is 0 Å². The SMILES string of the molecule is c1cc2c(cc1NC1CCC1)COC2. The molecule has 0 unspecified atom stereocenters. The molecule has 2 heteroatoms. The van der Waals surface area contributed by atoms with Crippen LogP contribution < -0.4 is 5.32 Å². The van der Waals surface area contributed by atoms with Crippen LogP contribution in [-0.4, -0.2) is 6.04 Å². The zero-order valence-corrected chi connectivity index (χ0v) is 8.25. The van der Waals surface area contributed by atoms with Gasteiger partial charge in [-0.25, -0.2) is 0 Å². The van der Waals surface area contributed by atoms with Gasteiger partial charge in [0.05, 0.1) is 13.2 Å². The maximum Gasteiger partial charge on any atom is 0.0725 e. The predicted octanol–water partition coefficient (Wildman–Crippen LogP) is 2.68. The van der Waals surface area contributed by atoms with E-state index in [0.717, 1.165) is 19.3 Å². The number of hydrogen-bond donors (Lipinski definition) is 1. The lowest BCUT2D eigenvalue weighted by atomic mass is 9.93. The Hall–Kier alpha value is -1.02. The zero-order valence-electron chi connectivity index (χ0n) is 8.25. The molecule has 0 saturated heterocycles. The number of fused-ring (bicyclic) bond motifs is 1. The maximum atomic E-state index is 5.39. The van der Waals surface area contributed by atoms with Gasteiger partial charge in [-0.1, -0.05) is 6.07 Å². The Morgan fingerprint density at radius 2 is 2.00 bits per heavy atom. The van der Waals surface area contributed by atoms with Crippen LogP contribution in [-0.2, 0) is 18.0 Å². The monoisotopic (exact) mass is 189 g/mol. The molecule has 1 aliphatic carbocycles. The minimum Gasteiger partial charge on any atom is -0.382 e. The molecule has 1 fully saturated rings. The second-order valence-electron chi connectivity index (χ2n) is 4.25. The lowest BCUT2D eigenvalue weighted by Gasteiger charge is -2.27. The van der Waals surface area contributed by atoms with Gasteiger partial charge in [0.1, 0.15) is 0 Å². The quantitative estimate of drug-likeness (QED) is 0.772. The highest BCUT2D eigenvalue weighted by atomic mass is 16.5. The Bertz CT molecular complexity index is 344. The van der Waals surface area contributed by atoms with E-state index >= 15 is 0 Å². The summed E-state index contributed by atoms with van der Waals surface area (Å²) in [6.45, 7) is 1.58. The van der Waals surface area contributed by atoms with Gasteiger partial charge in [0.2, 0.25) is 0 Å². The van der Waals surface area contributed by atoms with Crippen LogP contribution in [0.3, 0.4) is 0 Å². The van der Waals surface area contributed by atoms with Gasteiger partial charge >= 0.3 is 0 Å². The molecule has 0 amide bonds. The van der Waals surface area contributed by atoms with Crippen molar-refractivity contribution in [3.05, 3.63) is 29.3 Å². The molecule has 1 N–H and O–H groups in total. The summed E-state index contributed by atoms with van der Waals surface area (Å²) in [7, 11) is 0. The highest BCUT2D eigenvalue weighted by molar-refractivity contribution is 5.50. The van der Waals surface area contributed by atoms with Crippen LogP contribution in [0.25, 0.3) is 0 Å². The van der Waals surface area contributed by atoms with Crippen LogP contribution in [0.2, 0.25) is 0 Å². The van der Waals surface area contributed by atoms with E-state index in [9.17, 15) is 0 Å². The van der Waals surface area contributed by atoms with Crippen molar-refractivity contribution in [2.45, 2.75) is 38.5 Å². The number of hydrogen-bond acceptors (Lipinski definition) is 2. The summed E-state index contributed by atoms with van der Waals surface area (Å²) >= 11 is 0. The number of nitrogens with one attached hydrogen (secondary N) is 1. The van der Waals surface area contributed by atoms with E-state index in [2.05, 4.69) is 23.5 Å². The number of anilines is 1. The third-order valence-electron chi connectivity index (χ3n) is 3.20. The first kappa shape index (κ1) is 8.30. The standard InChI is InChI=1S/C12H15NO/c1-2-11(3-1)13-12-5-4-9-7-14-8-10(9)6-12/h4-6,11,13H,1-3,7-8H2. The number of ether oxygens (including phenoxy) is 1. The fourth-order valence-corrected chi connectivity index (χ4v) is 2.05. The molecule has 2 nitrogen and oxygen atoms in total. The first-order valence-electron chi connectivity index (χ1n) is 5.38. The minimum atomic E-state index is 0.718. The Morgan fingerprint density at radius 1 is 1.14 bits per heavy atom. The third kappa shape index (κ3) is 1.40. The molecule has 1 aromatic carbocycles. The van der Waals surface area contributed by atoms with Crippen LogP contribution in [0.15, 0.2) is 18.2 Å². The number of benzene rings is 1. The summed E-state index contributed by atoms with van der Waals surface area (Å²) in [5, 5.41) is 3.55. The van der Waals surface area contributed by atoms with Crippen molar-refractivity contribution in [3.8, 4) is 0 Å². The molecule has 14 heavy (non-hydrogen) atoms. The zero-order chi connectivity index (χ0) is 9.38. The van der Waals surface area contributed by atoms with Gasteiger partial charge in [0, 0.05) is 11.7 Å². The first-order valence-corrected chi connectivity index (χ1v) is 5.38. The van der Waals surface area contributed by atoms with Crippen LogP contribution in [0.5, 0.6) is 0 Å². The summed E-state index contributed by atoms with van der Waals surface area (Å²) < 4.78 is 5.39. The fourth-order valence-electron chi connectivity index (χ4n) is 2.05. The third-order valence-corrected chi connectivity index (χ3v) is 3.20. The average Bonchev–Trinajstić information content (AvgIpc) is 2.58. The van der Waals surface area contributed by atoms with Crippen molar-refractivity contribution in [2.75, 3.05) is 5.32 Å². The summed E-state index contributed by atoms with van der Waals surface area (Å²) in [4.78, 5) is 0. The predicted molar refractivity (Wildman–Crippen MR) is 56.2 cm³/mol. The Morgan fingerprint density at radius 3 is 2.79 bits per heavy atom. The lowest BCUT2D eigenvalue weighted by Crippen LogP contribution is -2.26. The van der Waals surface area contributed by atoms with Crippen molar-refractivity contribution >= 4 is 5.69 Å². The molecular formula is C12H15NO. The molecule has 0 atom stereocenters. The molecule has 1 saturated carbocycles. The van der Waals surface area contributed by atoms with Gasteiger partial charge in [-0.2, -0.15) is 0 Å². The first-order chi connectivity index (χ1) is 6.92. The molecule has 0 radical (unpaired) electrons. The van der Waals surface area contributed by atoms with Crippen molar-refractivity contribution in [2.24, 2.45) is 0 Å². The molecule has 74 valence electrons. The lowest BCUT2D eigenvalue weighted by molar-refractivity contribution is 0.134. The van der Waals surface area contributed by atoms with Crippen molar-refractivity contribution in [3.63, 3.8) is 0 Å². The smallest absolute Gasteiger partial charge is 0.0725 e. The van der Waals surface area contributed by atoms with Crippen molar-refractivity contribution in [1.82, 2.24) is 0 Å². The molecule has 0 bridgehead atoms. The van der Waals surface area contributed by atoms with Crippen molar-refractivity contribution < 1.29 is 4.74 Å². The highest BCUT2D eigenvalue weighted by Gasteiger charge is 2.18. The van der Waals surface area contributed by atoms with Gasteiger partial charge in [0.15, 0.2) is 0 Å². The van der Waals surface area contributed by atoms with Gasteiger partial charge in [-0.3, -0.25) is 0 Å². The van der Waals surface area contributed by atoms with Crippen LogP contribution in [0, 0.1) is 0 Å². The molecule has 1 heterocycles. The van der Waals surface area contributed by atoms with E-state index < -0.39 is 0 Å². The largest absolute Gasteiger partial charge is 0.382 e. The summed E-state index contributed by atoms with van der Waals surface area (Å²) in [5.41, 5.74) is 3.97. The van der Waals surface area contributed by atoms with Gasteiger partial charge in [-0.15, -0.1) is 0 Å². The van der Waals surface area contributed by atoms with E-state index in [4.69, 9.17) is 4.74 Å². The Kier molecular flexibility index (Phi) is 1.95. The Labute approximate surface area is 84.3 Å². The number of rotatable bonds is 2. The van der Waals surface area contributed by atoms with Crippen LogP contribution >= 0.6 is 0 Å². The molecule has 0 aromatic heterocycles. The normalized spacial score (nSPS) is 20.3. The molecule has 0 spiro atoms. The second kappa shape index (κ2) is 3.28. The Balaban J connectivity index is 1.78. The molecular weight excluding hydrogens is 174 g/mol. The molecule has 1 aromatic rings. The van der Waals surface area contributed by atoms with Gasteiger partial charge < -0.3 is 10.1 Å². The minimum absolute atomic E-state index is 0.718. The maximum absolute atomic E-state index is 5.39. The molecule has 2 aliphatic rings. The summed E-state index contributed by atoms with van der Waals surface area (Å²) in [6, 6.07) is 7.31.